The first-order chi connectivity index (χ1) is 6.66. The normalized spacial score (nSPS) is 13.5. The van der Waals surface area contributed by atoms with Gasteiger partial charge in [-0.25, -0.2) is 0 Å². The van der Waals surface area contributed by atoms with Crippen molar-refractivity contribution in [3.8, 4) is 0 Å². The standard InChI is InChI=1S/C10H23NO2S/c1-9(2)6-11-4-3-5-14-8-10(13)7-12/h9-13H,3-8H2,1-2H3. The third-order valence-electron chi connectivity index (χ3n) is 1.72. The Morgan fingerprint density at radius 3 is 2.64 bits per heavy atom. The fourth-order valence-corrected chi connectivity index (χ4v) is 1.85. The number of nitrogens with one attached hydrogen (secondary N) is 1. The van der Waals surface area contributed by atoms with Gasteiger partial charge in [0.1, 0.15) is 0 Å². The first-order valence-corrected chi connectivity index (χ1v) is 6.39. The summed E-state index contributed by atoms with van der Waals surface area (Å²) in [6.45, 7) is 6.38. The second-order valence-corrected chi connectivity index (χ2v) is 5.01. The van der Waals surface area contributed by atoms with Gasteiger partial charge < -0.3 is 15.5 Å². The molecule has 3 nitrogen and oxygen atoms in total. The maximum absolute atomic E-state index is 9.05. The van der Waals surface area contributed by atoms with E-state index >= 15 is 0 Å². The van der Waals surface area contributed by atoms with E-state index < -0.39 is 6.10 Å². The van der Waals surface area contributed by atoms with Gasteiger partial charge in [0.25, 0.3) is 0 Å². The average molecular weight is 221 g/mol. The van der Waals surface area contributed by atoms with Crippen LogP contribution in [0, 0.1) is 5.92 Å². The minimum Gasteiger partial charge on any atom is -0.394 e. The van der Waals surface area contributed by atoms with Crippen molar-refractivity contribution in [1.29, 1.82) is 0 Å². The highest BCUT2D eigenvalue weighted by Gasteiger charge is 2.00. The lowest BCUT2D eigenvalue weighted by Gasteiger charge is -2.08. The van der Waals surface area contributed by atoms with E-state index in [0.29, 0.717) is 11.7 Å². The first kappa shape index (κ1) is 14.2. The Morgan fingerprint density at radius 1 is 1.36 bits per heavy atom. The number of hydrogen-bond donors (Lipinski definition) is 3. The van der Waals surface area contributed by atoms with Gasteiger partial charge in [-0.1, -0.05) is 13.8 Å². The Hall–Kier alpha value is 0.230. The molecule has 86 valence electrons. The summed E-state index contributed by atoms with van der Waals surface area (Å²) in [5.74, 6) is 2.39. The summed E-state index contributed by atoms with van der Waals surface area (Å²) in [6.07, 6.45) is 0.568. The summed E-state index contributed by atoms with van der Waals surface area (Å²) in [6, 6.07) is 0. The molecule has 0 heterocycles. The van der Waals surface area contributed by atoms with E-state index in [4.69, 9.17) is 10.2 Å². The molecule has 0 saturated heterocycles. The zero-order valence-electron chi connectivity index (χ0n) is 9.20. The molecule has 1 atom stereocenters. The van der Waals surface area contributed by atoms with Crippen molar-refractivity contribution >= 4 is 11.8 Å². The lowest BCUT2D eigenvalue weighted by molar-refractivity contribution is 0.113. The fourth-order valence-electron chi connectivity index (χ4n) is 0.962. The molecule has 0 spiro atoms. The van der Waals surface area contributed by atoms with Crippen LogP contribution in [0.1, 0.15) is 20.3 Å². The number of rotatable bonds is 9. The van der Waals surface area contributed by atoms with Crippen LogP contribution in [0.2, 0.25) is 0 Å². The molecule has 0 aromatic rings. The largest absolute Gasteiger partial charge is 0.394 e. The fraction of sp³-hybridized carbons (Fsp3) is 1.00. The van der Waals surface area contributed by atoms with Gasteiger partial charge >= 0.3 is 0 Å². The van der Waals surface area contributed by atoms with Crippen LogP contribution < -0.4 is 5.32 Å². The van der Waals surface area contributed by atoms with Crippen molar-refractivity contribution in [2.45, 2.75) is 26.4 Å². The summed E-state index contributed by atoms with van der Waals surface area (Å²) < 4.78 is 0. The maximum atomic E-state index is 9.05. The van der Waals surface area contributed by atoms with Crippen LogP contribution in [0.4, 0.5) is 0 Å². The quantitative estimate of drug-likeness (QED) is 0.502. The van der Waals surface area contributed by atoms with E-state index in [9.17, 15) is 0 Å². The molecular formula is C10H23NO2S. The van der Waals surface area contributed by atoms with Crippen molar-refractivity contribution in [3.63, 3.8) is 0 Å². The highest BCUT2D eigenvalue weighted by atomic mass is 32.2. The molecule has 0 bridgehead atoms. The third-order valence-corrected chi connectivity index (χ3v) is 2.91. The van der Waals surface area contributed by atoms with Gasteiger partial charge in [-0.3, -0.25) is 0 Å². The number of aliphatic hydroxyl groups excluding tert-OH is 2. The van der Waals surface area contributed by atoms with E-state index in [1.165, 1.54) is 0 Å². The Balaban J connectivity index is 2.99. The molecule has 0 amide bonds. The van der Waals surface area contributed by atoms with Gasteiger partial charge in [0.15, 0.2) is 0 Å². The first-order valence-electron chi connectivity index (χ1n) is 5.24. The van der Waals surface area contributed by atoms with Gasteiger partial charge in [-0.05, 0) is 31.2 Å². The molecule has 4 heteroatoms. The summed E-state index contributed by atoms with van der Waals surface area (Å²) in [7, 11) is 0. The van der Waals surface area contributed by atoms with Crippen LogP contribution in [0.5, 0.6) is 0 Å². The van der Waals surface area contributed by atoms with Crippen molar-refractivity contribution in [3.05, 3.63) is 0 Å². The molecule has 3 N–H and O–H groups in total. The Bertz CT molecular complexity index is 123. The van der Waals surface area contributed by atoms with E-state index in [2.05, 4.69) is 19.2 Å². The molecule has 0 saturated carbocycles. The van der Waals surface area contributed by atoms with Crippen molar-refractivity contribution in [1.82, 2.24) is 5.32 Å². The molecular weight excluding hydrogens is 198 g/mol. The van der Waals surface area contributed by atoms with Crippen LogP contribution in [0.3, 0.4) is 0 Å². The topological polar surface area (TPSA) is 52.5 Å². The summed E-state index contributed by atoms with van der Waals surface area (Å²) >= 11 is 1.69. The second kappa shape index (κ2) is 9.77. The second-order valence-electron chi connectivity index (χ2n) is 3.86. The highest BCUT2D eigenvalue weighted by molar-refractivity contribution is 7.99. The van der Waals surface area contributed by atoms with Crippen LogP contribution in [0.15, 0.2) is 0 Å². The average Bonchev–Trinajstić information content (AvgIpc) is 2.15. The van der Waals surface area contributed by atoms with Gasteiger partial charge in [0.05, 0.1) is 12.7 Å². The van der Waals surface area contributed by atoms with Crippen molar-refractivity contribution < 1.29 is 10.2 Å². The Labute approximate surface area is 91.3 Å². The number of thioether (sulfide) groups is 1. The van der Waals surface area contributed by atoms with E-state index in [-0.39, 0.29) is 6.61 Å². The summed E-state index contributed by atoms with van der Waals surface area (Å²) in [4.78, 5) is 0. The van der Waals surface area contributed by atoms with Crippen LogP contribution in [0.25, 0.3) is 0 Å². The molecule has 0 aromatic carbocycles. The van der Waals surface area contributed by atoms with Gasteiger partial charge in [-0.15, -0.1) is 0 Å². The minimum absolute atomic E-state index is 0.126. The molecule has 0 fully saturated rings. The predicted octanol–water partition coefficient (Wildman–Crippen LogP) is 0.708. The van der Waals surface area contributed by atoms with E-state index in [0.717, 1.165) is 25.3 Å². The molecule has 14 heavy (non-hydrogen) atoms. The zero-order chi connectivity index (χ0) is 10.8. The van der Waals surface area contributed by atoms with Crippen molar-refractivity contribution in [2.75, 3.05) is 31.2 Å². The molecule has 0 aliphatic carbocycles. The van der Waals surface area contributed by atoms with E-state index in [1.54, 1.807) is 11.8 Å². The van der Waals surface area contributed by atoms with Gasteiger partial charge in [0, 0.05) is 5.75 Å². The molecule has 0 radical (unpaired) electrons. The minimum atomic E-state index is -0.552. The van der Waals surface area contributed by atoms with Crippen molar-refractivity contribution in [2.24, 2.45) is 5.92 Å². The lowest BCUT2D eigenvalue weighted by Crippen LogP contribution is -2.21. The zero-order valence-corrected chi connectivity index (χ0v) is 10.0. The summed E-state index contributed by atoms with van der Waals surface area (Å²) in [5, 5.41) is 21.0. The van der Waals surface area contributed by atoms with Crippen LogP contribution in [-0.2, 0) is 0 Å². The Kier molecular flexibility index (Phi) is 9.93. The van der Waals surface area contributed by atoms with Gasteiger partial charge in [0.2, 0.25) is 0 Å². The van der Waals surface area contributed by atoms with E-state index in [1.807, 2.05) is 0 Å². The monoisotopic (exact) mass is 221 g/mol. The molecule has 0 aliphatic heterocycles. The highest BCUT2D eigenvalue weighted by Crippen LogP contribution is 2.04. The summed E-state index contributed by atoms with van der Waals surface area (Å²) in [5.41, 5.74) is 0. The SMILES string of the molecule is CC(C)CNCCCSCC(O)CO. The smallest absolute Gasteiger partial charge is 0.0861 e. The maximum Gasteiger partial charge on any atom is 0.0861 e. The predicted molar refractivity (Wildman–Crippen MR) is 62.7 cm³/mol. The number of aliphatic hydroxyl groups is 2. The van der Waals surface area contributed by atoms with Gasteiger partial charge in [-0.2, -0.15) is 11.8 Å². The lowest BCUT2D eigenvalue weighted by atomic mass is 10.2. The Morgan fingerprint density at radius 2 is 2.07 bits per heavy atom. The molecule has 0 rings (SSSR count). The third kappa shape index (κ3) is 10.3. The molecule has 1 unspecified atom stereocenters. The van der Waals surface area contributed by atoms with Crippen LogP contribution >= 0.6 is 11.8 Å². The molecule has 0 aromatic heterocycles. The van der Waals surface area contributed by atoms with Crippen LogP contribution in [-0.4, -0.2) is 47.5 Å². The number of hydrogen-bond acceptors (Lipinski definition) is 4. The molecule has 0 aliphatic rings.